The highest BCUT2D eigenvalue weighted by Gasteiger charge is 2.25. The van der Waals surface area contributed by atoms with E-state index < -0.39 is 5.91 Å². The number of carbonyl (C=O) groups is 1. The summed E-state index contributed by atoms with van der Waals surface area (Å²) >= 11 is 1.74. The molecule has 0 bridgehead atoms. The van der Waals surface area contributed by atoms with E-state index >= 15 is 0 Å². The molecule has 1 aliphatic heterocycles. The number of hydrogen-bond donors (Lipinski definition) is 2. The van der Waals surface area contributed by atoms with E-state index in [-0.39, 0.29) is 0 Å². The molecule has 0 saturated carbocycles. The van der Waals surface area contributed by atoms with Gasteiger partial charge in [-0.3, -0.25) is 4.79 Å². The number of quaternary nitrogens is 1. The van der Waals surface area contributed by atoms with Crippen LogP contribution in [0.3, 0.4) is 0 Å². The molecule has 150 valence electrons. The van der Waals surface area contributed by atoms with E-state index in [9.17, 15) is 4.79 Å². The number of benzene rings is 1. The predicted molar refractivity (Wildman–Crippen MR) is 110 cm³/mol. The Morgan fingerprint density at radius 3 is 2.86 bits per heavy atom. The van der Waals surface area contributed by atoms with Crippen LogP contribution in [0, 0.1) is 0 Å². The number of carbonyl (C=O) groups excluding carboxylic acids is 1. The second-order valence-electron chi connectivity index (χ2n) is 7.48. The van der Waals surface area contributed by atoms with Crippen molar-refractivity contribution < 1.29 is 19.2 Å². The molecule has 3 aromatic rings. The fraction of sp³-hybridized carbons (Fsp3) is 0.381. The first-order valence-electron chi connectivity index (χ1n) is 9.98. The minimum absolute atomic E-state index is 0.353. The molecule has 0 spiro atoms. The van der Waals surface area contributed by atoms with Crippen molar-refractivity contribution in [2.75, 3.05) is 26.3 Å². The Balaban J connectivity index is 1.57. The van der Waals surface area contributed by atoms with Crippen molar-refractivity contribution in [3.05, 3.63) is 46.1 Å². The van der Waals surface area contributed by atoms with Crippen molar-refractivity contribution >= 4 is 27.5 Å². The van der Waals surface area contributed by atoms with Gasteiger partial charge in [-0.15, -0.1) is 11.3 Å². The number of amides is 1. The van der Waals surface area contributed by atoms with Crippen molar-refractivity contribution in [3.8, 4) is 11.6 Å². The summed E-state index contributed by atoms with van der Waals surface area (Å²) in [4.78, 5) is 25.3. The van der Waals surface area contributed by atoms with E-state index in [0.717, 1.165) is 68.2 Å². The number of fused-ring (bicyclic) bond motifs is 3. The molecule has 1 amide bonds. The van der Waals surface area contributed by atoms with Crippen LogP contribution in [0.2, 0.25) is 0 Å². The minimum atomic E-state index is -0.514. The number of hydrogen-bond acceptors (Lipinski definition) is 6. The van der Waals surface area contributed by atoms with E-state index in [1.54, 1.807) is 29.5 Å². The molecule has 8 heteroatoms. The summed E-state index contributed by atoms with van der Waals surface area (Å²) in [5, 5.41) is 0.988. The number of morpholine rings is 1. The van der Waals surface area contributed by atoms with Crippen LogP contribution in [0.1, 0.15) is 33.0 Å². The normalized spacial score (nSPS) is 16.8. The second-order valence-corrected chi connectivity index (χ2v) is 8.57. The summed E-state index contributed by atoms with van der Waals surface area (Å²) in [6.45, 7) is 4.15. The third kappa shape index (κ3) is 3.59. The van der Waals surface area contributed by atoms with Gasteiger partial charge >= 0.3 is 0 Å². The number of aromatic nitrogens is 2. The molecule has 29 heavy (non-hydrogen) atoms. The molecule has 1 aromatic carbocycles. The van der Waals surface area contributed by atoms with Crippen molar-refractivity contribution in [1.29, 1.82) is 0 Å². The first-order chi connectivity index (χ1) is 14.2. The van der Waals surface area contributed by atoms with Crippen LogP contribution in [0.15, 0.2) is 24.3 Å². The van der Waals surface area contributed by atoms with Gasteiger partial charge in [0.15, 0.2) is 5.82 Å². The molecule has 3 N–H and O–H groups in total. The summed E-state index contributed by atoms with van der Waals surface area (Å²) in [5.74, 6) is 1.22. The number of nitrogens with zero attached hydrogens (tertiary/aromatic N) is 2. The highest BCUT2D eigenvalue weighted by atomic mass is 32.1. The topological polar surface area (TPSA) is 91.8 Å². The Hall–Kier alpha value is -2.55. The van der Waals surface area contributed by atoms with E-state index in [1.165, 1.54) is 15.3 Å². The van der Waals surface area contributed by atoms with Crippen LogP contribution in [0.4, 0.5) is 0 Å². The number of rotatable bonds is 5. The van der Waals surface area contributed by atoms with Gasteiger partial charge in [-0.1, -0.05) is 12.1 Å². The quantitative estimate of drug-likeness (QED) is 0.664. The lowest BCUT2D eigenvalue weighted by Gasteiger charge is -2.23. The molecule has 1 fully saturated rings. The molecule has 1 saturated heterocycles. The van der Waals surface area contributed by atoms with Crippen molar-refractivity contribution in [1.82, 2.24) is 9.97 Å². The first kappa shape index (κ1) is 18.5. The zero-order valence-corrected chi connectivity index (χ0v) is 16.9. The van der Waals surface area contributed by atoms with E-state index in [0.29, 0.717) is 17.2 Å². The average Bonchev–Trinajstić information content (AvgIpc) is 3.30. The minimum Gasteiger partial charge on any atom is -0.437 e. The van der Waals surface area contributed by atoms with Crippen LogP contribution < -0.4 is 15.4 Å². The summed E-state index contributed by atoms with van der Waals surface area (Å²) in [6.07, 6.45) is 3.24. The molecule has 1 aliphatic carbocycles. The van der Waals surface area contributed by atoms with Gasteiger partial charge in [0.2, 0.25) is 5.88 Å². The van der Waals surface area contributed by atoms with Gasteiger partial charge in [-0.2, -0.15) is 4.98 Å². The Kier molecular flexibility index (Phi) is 4.91. The standard InChI is InChI=1S/C21H22N4O3S/c22-19(26)13-4-1-2-6-15(13)28-20-18-14-5-3-7-16(14)29-21(18)24-17(23-20)12-25-8-10-27-11-9-25/h1-2,4,6H,3,5,7-12H2,(H2,22,26)/p+1. The molecular formula is C21H23N4O3S+. The van der Waals surface area contributed by atoms with Crippen LogP contribution in [-0.4, -0.2) is 42.2 Å². The molecular weight excluding hydrogens is 388 g/mol. The zero-order valence-electron chi connectivity index (χ0n) is 16.1. The predicted octanol–water partition coefficient (Wildman–Crippen LogP) is 1.49. The highest BCUT2D eigenvalue weighted by molar-refractivity contribution is 7.19. The Bertz CT molecular complexity index is 1080. The third-order valence-corrected chi connectivity index (χ3v) is 6.73. The molecule has 5 rings (SSSR count). The number of para-hydroxylation sites is 1. The Morgan fingerprint density at radius 1 is 1.21 bits per heavy atom. The van der Waals surface area contributed by atoms with Crippen LogP contribution >= 0.6 is 11.3 Å². The van der Waals surface area contributed by atoms with Gasteiger partial charge < -0.3 is 20.1 Å². The van der Waals surface area contributed by atoms with Gasteiger partial charge in [-0.25, -0.2) is 4.98 Å². The maximum atomic E-state index is 11.8. The van der Waals surface area contributed by atoms with Crippen molar-refractivity contribution in [3.63, 3.8) is 0 Å². The maximum absolute atomic E-state index is 11.8. The number of thiophene rings is 1. The number of nitrogens with one attached hydrogen (secondary N) is 1. The number of nitrogens with two attached hydrogens (primary N) is 1. The van der Waals surface area contributed by atoms with Gasteiger partial charge in [0.1, 0.15) is 30.2 Å². The largest absolute Gasteiger partial charge is 0.437 e. The lowest BCUT2D eigenvalue weighted by Crippen LogP contribution is -3.12. The number of aryl methyl sites for hydroxylation is 2. The summed E-state index contributed by atoms with van der Waals surface area (Å²) in [7, 11) is 0. The van der Waals surface area contributed by atoms with Crippen LogP contribution in [-0.2, 0) is 24.1 Å². The van der Waals surface area contributed by atoms with Crippen molar-refractivity contribution in [2.24, 2.45) is 5.73 Å². The summed E-state index contributed by atoms with van der Waals surface area (Å²) in [6, 6.07) is 7.04. The fourth-order valence-electron chi connectivity index (χ4n) is 4.08. The first-order valence-corrected chi connectivity index (χ1v) is 10.8. The Morgan fingerprint density at radius 2 is 2.03 bits per heavy atom. The molecule has 0 unspecified atom stereocenters. The van der Waals surface area contributed by atoms with Crippen LogP contribution in [0.5, 0.6) is 11.6 Å². The highest BCUT2D eigenvalue weighted by Crippen LogP contribution is 2.41. The van der Waals surface area contributed by atoms with Gasteiger partial charge in [0.25, 0.3) is 5.91 Å². The molecule has 0 atom stereocenters. The van der Waals surface area contributed by atoms with Gasteiger partial charge in [-0.05, 0) is 37.0 Å². The molecule has 7 nitrogen and oxygen atoms in total. The van der Waals surface area contributed by atoms with Crippen LogP contribution in [0.25, 0.3) is 10.2 Å². The fourth-order valence-corrected chi connectivity index (χ4v) is 5.35. The van der Waals surface area contributed by atoms with Crippen molar-refractivity contribution in [2.45, 2.75) is 25.8 Å². The monoisotopic (exact) mass is 411 g/mol. The molecule has 0 radical (unpaired) electrons. The van der Waals surface area contributed by atoms with E-state index in [4.69, 9.17) is 25.2 Å². The number of primary amides is 1. The van der Waals surface area contributed by atoms with Gasteiger partial charge in [0.05, 0.1) is 24.2 Å². The number of ether oxygens (including phenoxy) is 2. The summed E-state index contributed by atoms with van der Waals surface area (Å²) < 4.78 is 11.7. The molecule has 3 heterocycles. The molecule has 2 aromatic heterocycles. The lowest BCUT2D eigenvalue weighted by molar-refractivity contribution is -0.922. The van der Waals surface area contributed by atoms with Gasteiger partial charge in [0, 0.05) is 4.88 Å². The average molecular weight is 412 g/mol. The second kappa shape index (κ2) is 7.70. The third-order valence-electron chi connectivity index (χ3n) is 5.54. The lowest BCUT2D eigenvalue weighted by atomic mass is 10.2. The molecule has 2 aliphatic rings. The summed E-state index contributed by atoms with van der Waals surface area (Å²) in [5.41, 5.74) is 7.19. The maximum Gasteiger partial charge on any atom is 0.252 e. The Labute approximate surface area is 172 Å². The van der Waals surface area contributed by atoms with E-state index in [2.05, 4.69) is 0 Å². The SMILES string of the molecule is NC(=O)c1ccccc1Oc1nc(C[NH+]2CCOCC2)nc2sc3c(c12)CCC3. The smallest absolute Gasteiger partial charge is 0.252 e. The zero-order chi connectivity index (χ0) is 19.8. The van der Waals surface area contributed by atoms with E-state index in [1.807, 2.05) is 6.07 Å².